The second-order valence-corrected chi connectivity index (χ2v) is 4.83. The number of aryl methyl sites for hydroxylation is 1. The predicted octanol–water partition coefficient (Wildman–Crippen LogP) is 4.09. The van der Waals surface area contributed by atoms with Gasteiger partial charge in [-0.15, -0.1) is 0 Å². The maximum absolute atomic E-state index is 6.03. The molecule has 0 radical (unpaired) electrons. The first-order valence-corrected chi connectivity index (χ1v) is 6.93. The second kappa shape index (κ2) is 5.93. The van der Waals surface area contributed by atoms with Gasteiger partial charge in [0.15, 0.2) is 5.82 Å². The van der Waals surface area contributed by atoms with E-state index in [9.17, 15) is 0 Å². The molecule has 2 heterocycles. The molecule has 6 heteroatoms. The van der Waals surface area contributed by atoms with Crippen molar-refractivity contribution >= 4 is 23.4 Å². The molecule has 3 aromatic rings. The monoisotopic (exact) mass is 300 g/mol. The number of nitrogens with one attached hydrogen (secondary N) is 1. The molecule has 0 saturated heterocycles. The van der Waals surface area contributed by atoms with Crippen molar-refractivity contribution in [2.24, 2.45) is 0 Å². The van der Waals surface area contributed by atoms with Crippen molar-refractivity contribution in [3.05, 3.63) is 53.5 Å². The van der Waals surface area contributed by atoms with E-state index >= 15 is 0 Å². The van der Waals surface area contributed by atoms with Crippen molar-refractivity contribution < 1.29 is 4.42 Å². The molecule has 0 amide bonds. The SMILES string of the molecule is CCc1cc(Nc2ncco2)nc(-c2cccc(Cl)c2)n1. The quantitative estimate of drug-likeness (QED) is 0.786. The smallest absolute Gasteiger partial charge is 0.300 e. The van der Waals surface area contributed by atoms with Crippen molar-refractivity contribution in [2.45, 2.75) is 13.3 Å². The molecule has 0 fully saturated rings. The molecule has 0 atom stereocenters. The fourth-order valence-corrected chi connectivity index (χ4v) is 2.08. The topological polar surface area (TPSA) is 63.8 Å². The van der Waals surface area contributed by atoms with E-state index in [2.05, 4.69) is 20.3 Å². The Labute approximate surface area is 127 Å². The van der Waals surface area contributed by atoms with Crippen LogP contribution in [-0.2, 0) is 6.42 Å². The van der Waals surface area contributed by atoms with Crippen LogP contribution in [0.25, 0.3) is 11.4 Å². The van der Waals surface area contributed by atoms with Crippen molar-refractivity contribution in [3.8, 4) is 11.4 Å². The van der Waals surface area contributed by atoms with E-state index in [1.807, 2.05) is 37.3 Å². The number of aromatic nitrogens is 3. The lowest BCUT2D eigenvalue weighted by Crippen LogP contribution is -2.00. The highest BCUT2D eigenvalue weighted by Gasteiger charge is 2.08. The Morgan fingerprint density at radius 3 is 2.86 bits per heavy atom. The van der Waals surface area contributed by atoms with E-state index in [0.717, 1.165) is 17.7 Å². The Hall–Kier alpha value is -2.40. The Bertz CT molecular complexity index is 743. The first-order valence-electron chi connectivity index (χ1n) is 6.55. The summed E-state index contributed by atoms with van der Waals surface area (Å²) >= 11 is 6.03. The van der Waals surface area contributed by atoms with E-state index in [-0.39, 0.29) is 0 Å². The average Bonchev–Trinajstić information content (AvgIpc) is 3.00. The van der Waals surface area contributed by atoms with Crippen LogP contribution in [0.15, 0.2) is 47.2 Å². The number of oxazole rings is 1. The van der Waals surface area contributed by atoms with Gasteiger partial charge in [-0.2, -0.15) is 0 Å². The van der Waals surface area contributed by atoms with Gasteiger partial charge in [0, 0.05) is 22.3 Å². The molecule has 106 valence electrons. The first kappa shape index (κ1) is 13.6. The van der Waals surface area contributed by atoms with Crippen LogP contribution in [-0.4, -0.2) is 15.0 Å². The lowest BCUT2D eigenvalue weighted by Gasteiger charge is -2.07. The van der Waals surface area contributed by atoms with Crippen molar-refractivity contribution in [1.82, 2.24) is 15.0 Å². The summed E-state index contributed by atoms with van der Waals surface area (Å²) < 4.78 is 5.17. The molecule has 0 aliphatic rings. The number of benzene rings is 1. The van der Waals surface area contributed by atoms with Crippen LogP contribution in [0, 0.1) is 0 Å². The summed E-state index contributed by atoms with van der Waals surface area (Å²) in [5.74, 6) is 1.25. The summed E-state index contributed by atoms with van der Waals surface area (Å²) in [5.41, 5.74) is 1.79. The summed E-state index contributed by atoms with van der Waals surface area (Å²) in [7, 11) is 0. The van der Waals surface area contributed by atoms with Gasteiger partial charge in [-0.3, -0.25) is 5.32 Å². The van der Waals surface area contributed by atoms with Crippen LogP contribution < -0.4 is 5.32 Å². The zero-order valence-electron chi connectivity index (χ0n) is 11.4. The molecule has 1 aromatic carbocycles. The fourth-order valence-electron chi connectivity index (χ4n) is 1.89. The number of anilines is 2. The van der Waals surface area contributed by atoms with Gasteiger partial charge in [-0.05, 0) is 18.6 Å². The lowest BCUT2D eigenvalue weighted by molar-refractivity contribution is 0.577. The van der Waals surface area contributed by atoms with Crippen LogP contribution in [0.3, 0.4) is 0 Å². The summed E-state index contributed by atoms with van der Waals surface area (Å²) in [5, 5.41) is 3.67. The van der Waals surface area contributed by atoms with Gasteiger partial charge >= 0.3 is 0 Å². The highest BCUT2D eigenvalue weighted by Crippen LogP contribution is 2.22. The highest BCUT2D eigenvalue weighted by molar-refractivity contribution is 6.30. The Morgan fingerprint density at radius 1 is 1.24 bits per heavy atom. The highest BCUT2D eigenvalue weighted by atomic mass is 35.5. The molecule has 2 aromatic heterocycles. The molecule has 0 aliphatic carbocycles. The maximum Gasteiger partial charge on any atom is 0.300 e. The second-order valence-electron chi connectivity index (χ2n) is 4.39. The zero-order valence-corrected chi connectivity index (χ0v) is 12.1. The minimum Gasteiger partial charge on any atom is -0.432 e. The zero-order chi connectivity index (χ0) is 14.7. The molecule has 5 nitrogen and oxygen atoms in total. The molecular formula is C15H13ClN4O. The summed E-state index contributed by atoms with van der Waals surface area (Å²) in [6.07, 6.45) is 3.88. The van der Waals surface area contributed by atoms with E-state index in [4.69, 9.17) is 16.0 Å². The van der Waals surface area contributed by atoms with E-state index in [1.54, 1.807) is 6.20 Å². The van der Waals surface area contributed by atoms with Gasteiger partial charge in [0.1, 0.15) is 12.1 Å². The van der Waals surface area contributed by atoms with Crippen molar-refractivity contribution in [1.29, 1.82) is 0 Å². The minimum absolute atomic E-state index is 0.396. The normalized spacial score (nSPS) is 10.6. The standard InChI is InChI=1S/C15H13ClN4O/c1-2-12-9-13(20-15-17-6-7-21-15)19-14(18-12)10-4-3-5-11(16)8-10/h3-9H,2H2,1H3,(H,17,18,19,20). The number of rotatable bonds is 4. The Kier molecular flexibility index (Phi) is 3.83. The van der Waals surface area contributed by atoms with Crippen LogP contribution >= 0.6 is 11.6 Å². The molecule has 0 bridgehead atoms. The van der Waals surface area contributed by atoms with Gasteiger partial charge in [0.2, 0.25) is 0 Å². The Balaban J connectivity index is 2.00. The minimum atomic E-state index is 0.396. The average molecular weight is 301 g/mol. The molecule has 0 unspecified atom stereocenters. The molecule has 0 aliphatic heterocycles. The summed E-state index contributed by atoms with van der Waals surface area (Å²) in [4.78, 5) is 13.0. The van der Waals surface area contributed by atoms with Crippen molar-refractivity contribution in [3.63, 3.8) is 0 Å². The largest absolute Gasteiger partial charge is 0.432 e. The fraction of sp³-hybridized carbons (Fsp3) is 0.133. The molecular weight excluding hydrogens is 288 g/mol. The maximum atomic E-state index is 6.03. The number of hydrogen-bond donors (Lipinski definition) is 1. The van der Waals surface area contributed by atoms with Crippen LogP contribution in [0.1, 0.15) is 12.6 Å². The number of nitrogens with zero attached hydrogens (tertiary/aromatic N) is 3. The predicted molar refractivity (Wildman–Crippen MR) is 81.6 cm³/mol. The third-order valence-electron chi connectivity index (χ3n) is 2.89. The number of hydrogen-bond acceptors (Lipinski definition) is 5. The summed E-state index contributed by atoms with van der Waals surface area (Å²) in [6.45, 7) is 2.04. The van der Waals surface area contributed by atoms with Gasteiger partial charge in [-0.1, -0.05) is 30.7 Å². The van der Waals surface area contributed by atoms with Gasteiger partial charge in [0.05, 0.1) is 6.20 Å². The van der Waals surface area contributed by atoms with Gasteiger partial charge < -0.3 is 4.42 Å². The van der Waals surface area contributed by atoms with E-state index in [1.165, 1.54) is 6.26 Å². The third kappa shape index (κ3) is 3.20. The summed E-state index contributed by atoms with van der Waals surface area (Å²) in [6, 6.07) is 9.73. The molecule has 0 spiro atoms. The van der Waals surface area contributed by atoms with Crippen LogP contribution in [0.2, 0.25) is 5.02 Å². The van der Waals surface area contributed by atoms with Crippen LogP contribution in [0.4, 0.5) is 11.8 Å². The molecule has 1 N–H and O–H groups in total. The van der Waals surface area contributed by atoms with E-state index < -0.39 is 0 Å². The molecule has 21 heavy (non-hydrogen) atoms. The van der Waals surface area contributed by atoms with Crippen LogP contribution in [0.5, 0.6) is 0 Å². The van der Waals surface area contributed by atoms with Gasteiger partial charge in [-0.25, -0.2) is 15.0 Å². The molecule has 3 rings (SSSR count). The molecule has 0 saturated carbocycles. The first-order chi connectivity index (χ1) is 10.2. The Morgan fingerprint density at radius 2 is 2.14 bits per heavy atom. The lowest BCUT2D eigenvalue weighted by atomic mass is 10.2. The van der Waals surface area contributed by atoms with E-state index in [0.29, 0.717) is 22.7 Å². The number of halogens is 1. The third-order valence-corrected chi connectivity index (χ3v) is 3.13. The van der Waals surface area contributed by atoms with Crippen molar-refractivity contribution in [2.75, 3.05) is 5.32 Å². The van der Waals surface area contributed by atoms with Gasteiger partial charge in [0.25, 0.3) is 6.01 Å².